The van der Waals surface area contributed by atoms with E-state index in [1.807, 2.05) is 6.07 Å². The van der Waals surface area contributed by atoms with Gasteiger partial charge >= 0.3 is 6.03 Å². The van der Waals surface area contributed by atoms with E-state index in [4.69, 9.17) is 4.74 Å². The quantitative estimate of drug-likeness (QED) is 0.768. The number of hydrogen-bond donors (Lipinski definition) is 2. The Morgan fingerprint density at radius 3 is 2.59 bits per heavy atom. The molecule has 0 saturated carbocycles. The first-order chi connectivity index (χ1) is 12.8. The number of urea groups is 1. The fourth-order valence-corrected chi connectivity index (χ4v) is 3.67. The third-order valence-corrected chi connectivity index (χ3v) is 5.40. The van der Waals surface area contributed by atoms with Crippen LogP contribution < -0.4 is 15.4 Å². The molecule has 1 aromatic rings. The van der Waals surface area contributed by atoms with E-state index in [0.29, 0.717) is 18.8 Å². The Balaban J connectivity index is 1.53. The van der Waals surface area contributed by atoms with Crippen molar-refractivity contribution < 1.29 is 23.5 Å². The highest BCUT2D eigenvalue weighted by Crippen LogP contribution is 2.31. The highest BCUT2D eigenvalue weighted by molar-refractivity contribution is 6.06. The molecule has 0 radical (unpaired) electrons. The minimum absolute atomic E-state index is 0.0413. The van der Waals surface area contributed by atoms with Gasteiger partial charge in [0.05, 0.1) is 7.11 Å². The van der Waals surface area contributed by atoms with Crippen molar-refractivity contribution in [3.05, 3.63) is 29.6 Å². The lowest BCUT2D eigenvalue weighted by Crippen LogP contribution is -2.45. The third kappa shape index (κ3) is 4.20. The zero-order valence-electron chi connectivity index (χ0n) is 15.5. The number of benzene rings is 1. The molecule has 0 aliphatic carbocycles. The molecule has 2 saturated heterocycles. The van der Waals surface area contributed by atoms with Gasteiger partial charge in [-0.25, -0.2) is 9.18 Å². The van der Waals surface area contributed by atoms with Gasteiger partial charge in [-0.1, -0.05) is 0 Å². The molecule has 146 valence electrons. The molecule has 2 heterocycles. The van der Waals surface area contributed by atoms with Crippen LogP contribution in [0.2, 0.25) is 0 Å². The highest BCUT2D eigenvalue weighted by Gasteiger charge is 2.42. The zero-order chi connectivity index (χ0) is 19.6. The standard InChI is InChI=1S/C19H24FN3O4/c1-19(17(25)21-18(26)22-19)6-3-16(24)23-7-4-12(5-8-23)13-9-14(20)11-15(10-13)27-2/h9-12H,3-8H2,1-2H3,(H2,21,22,25,26). The van der Waals surface area contributed by atoms with Crippen molar-refractivity contribution in [2.45, 2.75) is 44.1 Å². The van der Waals surface area contributed by atoms with Crippen molar-refractivity contribution in [2.24, 2.45) is 0 Å². The second-order valence-corrected chi connectivity index (χ2v) is 7.32. The second kappa shape index (κ2) is 7.54. The van der Waals surface area contributed by atoms with E-state index in [0.717, 1.165) is 18.4 Å². The number of rotatable bonds is 5. The van der Waals surface area contributed by atoms with Gasteiger partial charge in [-0.05, 0) is 49.8 Å². The van der Waals surface area contributed by atoms with Gasteiger partial charge in [0.2, 0.25) is 5.91 Å². The largest absolute Gasteiger partial charge is 0.497 e. The van der Waals surface area contributed by atoms with E-state index in [1.165, 1.54) is 19.2 Å². The number of imide groups is 1. The molecule has 7 nitrogen and oxygen atoms in total. The van der Waals surface area contributed by atoms with E-state index < -0.39 is 17.5 Å². The minimum atomic E-state index is -1.04. The Hall–Kier alpha value is -2.64. The van der Waals surface area contributed by atoms with Crippen molar-refractivity contribution >= 4 is 17.8 Å². The Labute approximate surface area is 157 Å². The van der Waals surface area contributed by atoms with Crippen LogP contribution >= 0.6 is 0 Å². The van der Waals surface area contributed by atoms with Crippen LogP contribution in [0.25, 0.3) is 0 Å². The van der Waals surface area contributed by atoms with E-state index in [9.17, 15) is 18.8 Å². The average molecular weight is 377 g/mol. The fraction of sp³-hybridized carbons (Fsp3) is 0.526. The normalized spacial score (nSPS) is 23.1. The van der Waals surface area contributed by atoms with E-state index in [-0.39, 0.29) is 30.5 Å². The fourth-order valence-electron chi connectivity index (χ4n) is 3.67. The lowest BCUT2D eigenvalue weighted by atomic mass is 9.88. The van der Waals surface area contributed by atoms with Crippen LogP contribution in [0.15, 0.2) is 18.2 Å². The SMILES string of the molecule is COc1cc(F)cc(C2CCN(C(=O)CCC3(C)NC(=O)NC3=O)CC2)c1. The van der Waals surface area contributed by atoms with E-state index in [1.54, 1.807) is 11.8 Å². The first-order valence-corrected chi connectivity index (χ1v) is 9.06. The second-order valence-electron chi connectivity index (χ2n) is 7.32. The van der Waals surface area contributed by atoms with Gasteiger partial charge in [-0.15, -0.1) is 0 Å². The molecule has 2 fully saturated rings. The third-order valence-electron chi connectivity index (χ3n) is 5.40. The van der Waals surface area contributed by atoms with Crippen LogP contribution in [0, 0.1) is 5.82 Å². The molecule has 8 heteroatoms. The van der Waals surface area contributed by atoms with Crippen LogP contribution in [0.3, 0.4) is 0 Å². The number of nitrogens with zero attached hydrogens (tertiary/aromatic N) is 1. The molecule has 1 unspecified atom stereocenters. The van der Waals surface area contributed by atoms with Crippen molar-refractivity contribution in [1.82, 2.24) is 15.5 Å². The molecule has 27 heavy (non-hydrogen) atoms. The van der Waals surface area contributed by atoms with Gasteiger partial charge in [-0.3, -0.25) is 14.9 Å². The van der Waals surface area contributed by atoms with Gasteiger partial charge in [-0.2, -0.15) is 0 Å². The number of nitrogens with one attached hydrogen (secondary N) is 2. The number of ether oxygens (including phenoxy) is 1. The summed E-state index contributed by atoms with van der Waals surface area (Å²) in [4.78, 5) is 37.4. The van der Waals surface area contributed by atoms with Gasteiger partial charge in [0.15, 0.2) is 0 Å². The lowest BCUT2D eigenvalue weighted by molar-refractivity contribution is -0.133. The summed E-state index contributed by atoms with van der Waals surface area (Å²) in [6.07, 6.45) is 1.92. The molecule has 0 bridgehead atoms. The van der Waals surface area contributed by atoms with Crippen LogP contribution in [0.1, 0.15) is 44.1 Å². The Morgan fingerprint density at radius 2 is 2.00 bits per heavy atom. The summed E-state index contributed by atoms with van der Waals surface area (Å²) in [7, 11) is 1.51. The maximum Gasteiger partial charge on any atom is 0.322 e. The van der Waals surface area contributed by atoms with Gasteiger partial charge < -0.3 is 15.0 Å². The molecule has 4 amide bonds. The number of piperidine rings is 1. The monoisotopic (exact) mass is 377 g/mol. The summed E-state index contributed by atoms with van der Waals surface area (Å²) in [5.74, 6) is -0.0998. The van der Waals surface area contributed by atoms with Gasteiger partial charge in [0, 0.05) is 25.6 Å². The van der Waals surface area contributed by atoms with Crippen LogP contribution in [-0.4, -0.2) is 48.5 Å². The van der Waals surface area contributed by atoms with Crippen LogP contribution in [0.4, 0.5) is 9.18 Å². The minimum Gasteiger partial charge on any atom is -0.497 e. The average Bonchev–Trinajstić information content (AvgIpc) is 2.91. The molecule has 3 rings (SSSR count). The smallest absolute Gasteiger partial charge is 0.322 e. The molecule has 0 spiro atoms. The van der Waals surface area contributed by atoms with Gasteiger partial charge in [0.25, 0.3) is 5.91 Å². The highest BCUT2D eigenvalue weighted by atomic mass is 19.1. The summed E-state index contributed by atoms with van der Waals surface area (Å²) >= 11 is 0. The number of hydrogen-bond acceptors (Lipinski definition) is 4. The first kappa shape index (κ1) is 19.1. The molecule has 2 aliphatic rings. The van der Waals surface area contributed by atoms with E-state index >= 15 is 0 Å². The summed E-state index contributed by atoms with van der Waals surface area (Å²) in [5.41, 5.74) is -0.153. The summed E-state index contributed by atoms with van der Waals surface area (Å²) < 4.78 is 18.8. The topological polar surface area (TPSA) is 87.7 Å². The number of methoxy groups -OCH3 is 1. The lowest BCUT2D eigenvalue weighted by Gasteiger charge is -2.33. The molecule has 2 N–H and O–H groups in total. The Morgan fingerprint density at radius 1 is 1.30 bits per heavy atom. The number of halogens is 1. The first-order valence-electron chi connectivity index (χ1n) is 9.06. The van der Waals surface area contributed by atoms with Crippen molar-refractivity contribution in [3.8, 4) is 5.75 Å². The number of carbonyl (C=O) groups is 3. The molecule has 2 aliphatic heterocycles. The van der Waals surface area contributed by atoms with Gasteiger partial charge in [0.1, 0.15) is 17.1 Å². The Bertz CT molecular complexity index is 761. The maximum absolute atomic E-state index is 13.7. The number of amides is 4. The summed E-state index contributed by atoms with van der Waals surface area (Å²) in [6, 6.07) is 4.18. The van der Waals surface area contributed by atoms with Crippen molar-refractivity contribution in [2.75, 3.05) is 20.2 Å². The number of likely N-dealkylation sites (tertiary alicyclic amines) is 1. The summed E-state index contributed by atoms with van der Waals surface area (Å²) in [5, 5.41) is 4.76. The van der Waals surface area contributed by atoms with Crippen molar-refractivity contribution in [1.29, 1.82) is 0 Å². The summed E-state index contributed by atoms with van der Waals surface area (Å²) in [6.45, 7) is 2.78. The van der Waals surface area contributed by atoms with Crippen LogP contribution in [0.5, 0.6) is 5.75 Å². The molecular weight excluding hydrogens is 353 g/mol. The zero-order valence-corrected chi connectivity index (χ0v) is 15.5. The maximum atomic E-state index is 13.7. The predicted molar refractivity (Wildman–Crippen MR) is 95.8 cm³/mol. The number of carbonyl (C=O) groups excluding carboxylic acids is 3. The Kier molecular flexibility index (Phi) is 5.34. The molecule has 1 atom stereocenters. The molecule has 0 aromatic heterocycles. The van der Waals surface area contributed by atoms with E-state index in [2.05, 4.69) is 10.6 Å². The predicted octanol–water partition coefficient (Wildman–Crippen LogP) is 1.92. The van der Waals surface area contributed by atoms with Crippen molar-refractivity contribution in [3.63, 3.8) is 0 Å². The molecule has 1 aromatic carbocycles. The molecular formula is C19H24FN3O4. The van der Waals surface area contributed by atoms with Crippen LogP contribution in [-0.2, 0) is 9.59 Å².